The number of nitrogens with zero attached hydrogens (tertiary/aromatic N) is 2. The molecule has 0 bridgehead atoms. The van der Waals surface area contributed by atoms with Gasteiger partial charge in [0, 0.05) is 5.75 Å². The molecular weight excluding hydrogens is 335 g/mol. The van der Waals surface area contributed by atoms with E-state index in [0.717, 1.165) is 15.8 Å². The van der Waals surface area contributed by atoms with Crippen LogP contribution in [0.5, 0.6) is 0 Å². The van der Waals surface area contributed by atoms with Gasteiger partial charge in [0.2, 0.25) is 0 Å². The first-order valence-electron chi connectivity index (χ1n) is 6.67. The third-order valence-electron chi connectivity index (χ3n) is 3.21. The molecule has 22 heavy (non-hydrogen) atoms. The number of rotatable bonds is 4. The first kappa shape index (κ1) is 15.4. The summed E-state index contributed by atoms with van der Waals surface area (Å²) in [5, 5.41) is 4.53. The van der Waals surface area contributed by atoms with Crippen molar-refractivity contribution in [1.82, 2.24) is 9.78 Å². The van der Waals surface area contributed by atoms with Gasteiger partial charge in [-0.3, -0.25) is 0 Å². The number of benzene rings is 2. The summed E-state index contributed by atoms with van der Waals surface area (Å²) >= 11 is 8.50. The van der Waals surface area contributed by atoms with Crippen molar-refractivity contribution in [3.63, 3.8) is 0 Å². The van der Waals surface area contributed by atoms with E-state index in [0.29, 0.717) is 3.95 Å². The molecule has 1 aromatic heterocycles. The van der Waals surface area contributed by atoms with Crippen molar-refractivity contribution < 1.29 is 4.39 Å². The topological polar surface area (TPSA) is 17.8 Å². The summed E-state index contributed by atoms with van der Waals surface area (Å²) in [5.41, 5.74) is 3.35. The van der Waals surface area contributed by atoms with Gasteiger partial charge >= 0.3 is 0 Å². The van der Waals surface area contributed by atoms with Gasteiger partial charge in [0.25, 0.3) is 0 Å². The smallest absolute Gasteiger partial charge is 0.184 e. The first-order chi connectivity index (χ1) is 10.6. The minimum Gasteiger partial charge on any atom is -0.211 e. The van der Waals surface area contributed by atoms with Crippen LogP contribution in [0.25, 0.3) is 5.69 Å². The van der Waals surface area contributed by atoms with E-state index in [2.05, 4.69) is 24.2 Å². The maximum Gasteiger partial charge on any atom is 0.184 e. The monoisotopic (exact) mass is 348 g/mol. The Morgan fingerprint density at radius 1 is 1.18 bits per heavy atom. The molecule has 0 atom stereocenters. The Hall–Kier alpha value is -1.50. The Kier molecular flexibility index (Phi) is 4.71. The molecule has 0 aliphatic carbocycles. The molecule has 0 saturated heterocycles. The molecule has 0 saturated carbocycles. The third-order valence-corrected chi connectivity index (χ3v) is 5.63. The van der Waals surface area contributed by atoms with E-state index in [1.54, 1.807) is 28.6 Å². The predicted molar refractivity (Wildman–Crippen MR) is 93.0 cm³/mol. The highest BCUT2D eigenvalue weighted by atomic mass is 32.2. The van der Waals surface area contributed by atoms with Gasteiger partial charge in [0.05, 0.1) is 5.69 Å². The summed E-state index contributed by atoms with van der Waals surface area (Å²) in [5.74, 6) is 0.595. The van der Waals surface area contributed by atoms with Gasteiger partial charge in [0.1, 0.15) is 5.82 Å². The van der Waals surface area contributed by atoms with E-state index in [1.807, 2.05) is 12.1 Å². The molecule has 1 heterocycles. The van der Waals surface area contributed by atoms with Crippen molar-refractivity contribution in [3.8, 4) is 5.69 Å². The lowest BCUT2D eigenvalue weighted by molar-refractivity contribution is 0.627. The molecule has 0 spiro atoms. The molecule has 0 radical (unpaired) electrons. The number of aryl methyl sites for hydroxylation is 1. The normalized spacial score (nSPS) is 10.8. The molecule has 0 aliphatic rings. The molecule has 0 fully saturated rings. The molecule has 3 rings (SSSR count). The summed E-state index contributed by atoms with van der Waals surface area (Å²) in [6, 6.07) is 14.5. The van der Waals surface area contributed by atoms with Gasteiger partial charge < -0.3 is 0 Å². The standard InChI is InChI=1S/C16H13FN2S3/c1-11-4-2-3-5-12(11)10-21-15-18-19(16(20)22-15)14-8-6-13(17)7-9-14/h2-9H,10H2,1H3. The zero-order chi connectivity index (χ0) is 15.5. The second-order valence-electron chi connectivity index (χ2n) is 4.74. The minimum atomic E-state index is -0.264. The van der Waals surface area contributed by atoms with Crippen molar-refractivity contribution in [3.05, 3.63) is 69.4 Å². The van der Waals surface area contributed by atoms with Crippen LogP contribution >= 0.6 is 35.3 Å². The molecule has 112 valence electrons. The largest absolute Gasteiger partial charge is 0.211 e. The third kappa shape index (κ3) is 3.45. The second-order valence-corrected chi connectivity index (χ2v) is 7.58. The number of aromatic nitrogens is 2. The van der Waals surface area contributed by atoms with E-state index in [-0.39, 0.29) is 5.82 Å². The molecule has 2 nitrogen and oxygen atoms in total. The summed E-state index contributed by atoms with van der Waals surface area (Å²) in [4.78, 5) is 0. The van der Waals surface area contributed by atoms with E-state index < -0.39 is 0 Å². The van der Waals surface area contributed by atoms with Crippen LogP contribution in [0.1, 0.15) is 11.1 Å². The molecule has 0 aliphatic heterocycles. The fraction of sp³-hybridized carbons (Fsp3) is 0.125. The zero-order valence-electron chi connectivity index (χ0n) is 11.8. The summed E-state index contributed by atoms with van der Waals surface area (Å²) in [6.07, 6.45) is 0. The van der Waals surface area contributed by atoms with E-state index in [9.17, 15) is 4.39 Å². The van der Waals surface area contributed by atoms with Crippen molar-refractivity contribution in [2.24, 2.45) is 0 Å². The van der Waals surface area contributed by atoms with Crippen molar-refractivity contribution >= 4 is 35.3 Å². The van der Waals surface area contributed by atoms with Crippen LogP contribution in [0.3, 0.4) is 0 Å². The molecule has 0 amide bonds. The van der Waals surface area contributed by atoms with Crippen molar-refractivity contribution in [1.29, 1.82) is 0 Å². The lowest BCUT2D eigenvalue weighted by Crippen LogP contribution is -1.96. The fourth-order valence-electron chi connectivity index (χ4n) is 1.98. The van der Waals surface area contributed by atoms with E-state index in [4.69, 9.17) is 12.2 Å². The number of hydrogen-bond donors (Lipinski definition) is 0. The van der Waals surface area contributed by atoms with E-state index >= 15 is 0 Å². The second kappa shape index (κ2) is 6.73. The summed E-state index contributed by atoms with van der Waals surface area (Å²) < 4.78 is 16.3. The van der Waals surface area contributed by atoms with Gasteiger partial charge in [-0.1, -0.05) is 47.4 Å². The van der Waals surface area contributed by atoms with Crippen LogP contribution in [-0.2, 0) is 5.75 Å². The van der Waals surface area contributed by atoms with Crippen LogP contribution < -0.4 is 0 Å². The van der Waals surface area contributed by atoms with Crippen molar-refractivity contribution in [2.75, 3.05) is 0 Å². The van der Waals surface area contributed by atoms with Crippen LogP contribution in [0.2, 0.25) is 0 Å². The number of halogens is 1. The molecule has 3 aromatic rings. The Morgan fingerprint density at radius 2 is 1.91 bits per heavy atom. The van der Waals surface area contributed by atoms with E-state index in [1.165, 1.54) is 34.6 Å². The maximum atomic E-state index is 13.0. The lowest BCUT2D eigenvalue weighted by Gasteiger charge is -2.03. The SMILES string of the molecule is Cc1ccccc1CSc1nn(-c2ccc(F)cc2)c(=S)s1. The fourth-order valence-corrected chi connectivity index (χ4v) is 4.41. The lowest BCUT2D eigenvalue weighted by atomic mass is 10.1. The predicted octanol–water partition coefficient (Wildman–Crippen LogP) is 5.40. The Labute approximate surface area is 141 Å². The first-order valence-corrected chi connectivity index (χ1v) is 8.88. The van der Waals surface area contributed by atoms with Crippen molar-refractivity contribution in [2.45, 2.75) is 17.0 Å². The van der Waals surface area contributed by atoms with Gasteiger partial charge in [-0.15, -0.1) is 5.10 Å². The maximum absolute atomic E-state index is 13.0. The zero-order valence-corrected chi connectivity index (χ0v) is 14.3. The Bertz CT molecular complexity index is 837. The van der Waals surface area contributed by atoms with Crippen LogP contribution in [0.15, 0.2) is 52.9 Å². The highest BCUT2D eigenvalue weighted by molar-refractivity contribution is 8.00. The highest BCUT2D eigenvalue weighted by Gasteiger charge is 2.07. The molecule has 0 N–H and O–H groups in total. The molecule has 2 aromatic carbocycles. The van der Waals surface area contributed by atoms with Gasteiger partial charge in [-0.05, 0) is 54.5 Å². The van der Waals surface area contributed by atoms with Crippen LogP contribution in [0.4, 0.5) is 4.39 Å². The highest BCUT2D eigenvalue weighted by Crippen LogP contribution is 2.28. The number of thioether (sulfide) groups is 1. The molecule has 6 heteroatoms. The average Bonchev–Trinajstić information content (AvgIpc) is 2.88. The Morgan fingerprint density at radius 3 is 2.64 bits per heavy atom. The number of hydrogen-bond acceptors (Lipinski definition) is 4. The summed E-state index contributed by atoms with van der Waals surface area (Å²) in [6.45, 7) is 2.11. The molecular formula is C16H13FN2S3. The van der Waals surface area contributed by atoms with Crippen LogP contribution in [-0.4, -0.2) is 9.78 Å². The Balaban J connectivity index is 1.79. The van der Waals surface area contributed by atoms with Gasteiger partial charge in [-0.2, -0.15) is 0 Å². The average molecular weight is 348 g/mol. The minimum absolute atomic E-state index is 0.264. The van der Waals surface area contributed by atoms with Gasteiger partial charge in [-0.25, -0.2) is 9.07 Å². The van der Waals surface area contributed by atoms with Crippen LogP contribution in [0, 0.1) is 16.7 Å². The van der Waals surface area contributed by atoms with Gasteiger partial charge in [0.15, 0.2) is 8.29 Å². The summed E-state index contributed by atoms with van der Waals surface area (Å²) in [7, 11) is 0. The molecule has 0 unspecified atom stereocenters. The quantitative estimate of drug-likeness (QED) is 0.464.